The Bertz CT molecular complexity index is 2050. The SMILES string of the molecule is C[C@H](C(=O)Oc1ccc([C@@H]2C3=C(Nc4[nH]c(=O)n(C)c(=O)c42)c2ccccc2C3=O)cc1)N1C(=O)c2ccccc2C1=O. The van der Waals surface area contributed by atoms with Crippen LogP contribution < -0.4 is 21.3 Å². The second-order valence-corrected chi connectivity index (χ2v) is 10.5. The van der Waals surface area contributed by atoms with E-state index in [0.717, 1.165) is 9.47 Å². The summed E-state index contributed by atoms with van der Waals surface area (Å²) in [5, 5.41) is 3.11. The molecular formula is C32H22N4O7. The number of ether oxygens (including phenoxy) is 1. The molecule has 2 amide bonds. The smallest absolute Gasteiger partial charge is 0.334 e. The average molecular weight is 575 g/mol. The van der Waals surface area contributed by atoms with Gasteiger partial charge in [-0.1, -0.05) is 48.5 Å². The van der Waals surface area contributed by atoms with Crippen molar-refractivity contribution in [2.24, 2.45) is 7.05 Å². The van der Waals surface area contributed by atoms with Crippen molar-refractivity contribution in [3.8, 4) is 5.75 Å². The van der Waals surface area contributed by atoms with E-state index in [1.165, 1.54) is 38.2 Å². The van der Waals surface area contributed by atoms with Crippen molar-refractivity contribution in [2.45, 2.75) is 18.9 Å². The number of benzene rings is 3. The largest absolute Gasteiger partial charge is 0.425 e. The van der Waals surface area contributed by atoms with Gasteiger partial charge in [0.25, 0.3) is 17.4 Å². The Balaban J connectivity index is 1.22. The second kappa shape index (κ2) is 9.35. The lowest BCUT2D eigenvalue weighted by Gasteiger charge is -2.28. The van der Waals surface area contributed by atoms with E-state index in [0.29, 0.717) is 28.0 Å². The van der Waals surface area contributed by atoms with Crippen LogP contribution in [0.15, 0.2) is 88.0 Å². The van der Waals surface area contributed by atoms with Gasteiger partial charge in [-0.3, -0.25) is 33.6 Å². The number of aromatic nitrogens is 2. The molecule has 4 aromatic rings. The molecule has 3 aromatic carbocycles. The number of fused-ring (bicyclic) bond motifs is 4. The number of H-pyrrole nitrogens is 1. The number of aromatic amines is 1. The van der Waals surface area contributed by atoms with Crippen LogP contribution in [0.5, 0.6) is 5.75 Å². The molecule has 2 N–H and O–H groups in total. The summed E-state index contributed by atoms with van der Waals surface area (Å²) in [5.74, 6) is -2.70. The van der Waals surface area contributed by atoms with Crippen molar-refractivity contribution in [1.82, 2.24) is 14.5 Å². The average Bonchev–Trinajstić information content (AvgIpc) is 3.44. The number of ketones is 1. The van der Waals surface area contributed by atoms with E-state index in [4.69, 9.17) is 4.74 Å². The minimum absolute atomic E-state index is 0.135. The predicted molar refractivity (Wildman–Crippen MR) is 154 cm³/mol. The van der Waals surface area contributed by atoms with E-state index in [2.05, 4.69) is 10.3 Å². The summed E-state index contributed by atoms with van der Waals surface area (Å²) in [6, 6.07) is 18.5. The van der Waals surface area contributed by atoms with Crippen molar-refractivity contribution in [2.75, 3.05) is 5.32 Å². The number of Topliss-reactive ketones (excluding diaryl/α,β-unsaturated/α-hetero) is 1. The Morgan fingerprint density at radius 3 is 2.02 bits per heavy atom. The van der Waals surface area contributed by atoms with Gasteiger partial charge < -0.3 is 10.1 Å². The molecule has 0 unspecified atom stereocenters. The zero-order chi connectivity index (χ0) is 30.2. The third-order valence-electron chi connectivity index (χ3n) is 8.11. The number of hydrogen-bond acceptors (Lipinski definition) is 8. The van der Waals surface area contributed by atoms with E-state index in [1.54, 1.807) is 48.5 Å². The molecule has 0 saturated carbocycles. The standard InChI is InChI=1S/C32H22N4O7/c1-15(36-28(38)20-9-5-6-10-21(20)29(36)39)31(41)43-17-13-11-16(12-14-17)22-23-25(18-7-3-4-8-19(18)26(23)37)33-27-24(22)30(40)35(2)32(42)34-27/h3-15,22,33H,1-2H3,(H,34,42)/t15-,22-/m1/s1. The molecule has 7 rings (SSSR count). The van der Waals surface area contributed by atoms with Crippen LogP contribution in [0, 0.1) is 0 Å². The maximum Gasteiger partial charge on any atom is 0.334 e. The molecule has 2 aliphatic heterocycles. The lowest BCUT2D eigenvalue weighted by atomic mass is 9.81. The number of anilines is 1. The van der Waals surface area contributed by atoms with Gasteiger partial charge in [-0.05, 0) is 36.8 Å². The number of hydrogen-bond donors (Lipinski definition) is 2. The number of amides is 2. The third-order valence-corrected chi connectivity index (χ3v) is 8.11. The number of esters is 1. The zero-order valence-corrected chi connectivity index (χ0v) is 22.8. The van der Waals surface area contributed by atoms with Crippen molar-refractivity contribution in [1.29, 1.82) is 0 Å². The first-order valence-corrected chi connectivity index (χ1v) is 13.4. The fraction of sp³-hybridized carbons (Fsp3) is 0.125. The minimum atomic E-state index is -1.19. The first-order chi connectivity index (χ1) is 20.7. The lowest BCUT2D eigenvalue weighted by Crippen LogP contribution is -2.44. The van der Waals surface area contributed by atoms with Crippen LogP contribution in [0.2, 0.25) is 0 Å². The first-order valence-electron chi connectivity index (χ1n) is 13.4. The van der Waals surface area contributed by atoms with Crippen LogP contribution in [-0.2, 0) is 11.8 Å². The predicted octanol–water partition coefficient (Wildman–Crippen LogP) is 2.83. The number of rotatable bonds is 4. The summed E-state index contributed by atoms with van der Waals surface area (Å²) in [4.78, 5) is 81.7. The Morgan fingerprint density at radius 2 is 1.40 bits per heavy atom. The quantitative estimate of drug-likeness (QED) is 0.215. The molecule has 1 aliphatic carbocycles. The summed E-state index contributed by atoms with van der Waals surface area (Å²) in [6.45, 7) is 1.41. The van der Waals surface area contributed by atoms with Crippen LogP contribution in [0.4, 0.5) is 5.82 Å². The lowest BCUT2D eigenvalue weighted by molar-refractivity contribution is -0.138. The van der Waals surface area contributed by atoms with E-state index >= 15 is 0 Å². The first kappa shape index (κ1) is 26.1. The fourth-order valence-electron chi connectivity index (χ4n) is 5.91. The van der Waals surface area contributed by atoms with Gasteiger partial charge in [0.05, 0.1) is 22.4 Å². The summed E-state index contributed by atoms with van der Waals surface area (Å²) in [5.41, 5.74) is 2.04. The van der Waals surface area contributed by atoms with Crippen molar-refractivity contribution < 1.29 is 23.9 Å². The number of imide groups is 1. The molecule has 3 heterocycles. The van der Waals surface area contributed by atoms with Crippen LogP contribution in [-0.4, -0.2) is 44.1 Å². The molecule has 212 valence electrons. The maximum atomic E-state index is 13.6. The molecule has 43 heavy (non-hydrogen) atoms. The van der Waals surface area contributed by atoms with Crippen LogP contribution in [0.3, 0.4) is 0 Å². The molecule has 0 radical (unpaired) electrons. The molecule has 0 saturated heterocycles. The van der Waals surface area contributed by atoms with Gasteiger partial charge in [0.1, 0.15) is 17.6 Å². The highest BCUT2D eigenvalue weighted by atomic mass is 16.5. The maximum absolute atomic E-state index is 13.6. The summed E-state index contributed by atoms with van der Waals surface area (Å²) < 4.78 is 6.47. The molecular weight excluding hydrogens is 552 g/mol. The van der Waals surface area contributed by atoms with Gasteiger partial charge in [-0.15, -0.1) is 0 Å². The van der Waals surface area contributed by atoms with Gasteiger partial charge in [0.2, 0.25) is 0 Å². The fourth-order valence-corrected chi connectivity index (χ4v) is 5.91. The highest BCUT2D eigenvalue weighted by Gasteiger charge is 2.43. The normalized spacial score (nSPS) is 17.2. The number of nitrogens with zero attached hydrogens (tertiary/aromatic N) is 2. The van der Waals surface area contributed by atoms with E-state index in [-0.39, 0.29) is 34.0 Å². The molecule has 0 bridgehead atoms. The molecule has 3 aliphatic rings. The Labute approximate surface area is 243 Å². The summed E-state index contributed by atoms with van der Waals surface area (Å²) >= 11 is 0. The highest BCUT2D eigenvalue weighted by molar-refractivity contribution is 6.24. The van der Waals surface area contributed by atoms with Gasteiger partial charge in [0.15, 0.2) is 5.78 Å². The van der Waals surface area contributed by atoms with Crippen molar-refractivity contribution >= 4 is 35.1 Å². The number of carbonyl (C=O) groups is 4. The number of allylic oxidation sites excluding steroid dienone is 1. The topological polar surface area (TPSA) is 148 Å². The van der Waals surface area contributed by atoms with Crippen LogP contribution >= 0.6 is 0 Å². The zero-order valence-electron chi connectivity index (χ0n) is 22.8. The van der Waals surface area contributed by atoms with Crippen molar-refractivity contribution in [3.63, 3.8) is 0 Å². The second-order valence-electron chi connectivity index (χ2n) is 10.5. The summed E-state index contributed by atoms with van der Waals surface area (Å²) in [6.07, 6.45) is 0. The molecule has 2 atom stereocenters. The van der Waals surface area contributed by atoms with Crippen molar-refractivity contribution in [3.05, 3.63) is 133 Å². The van der Waals surface area contributed by atoms with E-state index in [1.807, 2.05) is 0 Å². The summed E-state index contributed by atoms with van der Waals surface area (Å²) in [7, 11) is 1.35. The molecule has 11 heteroatoms. The Hall–Kier alpha value is -5.84. The van der Waals surface area contributed by atoms with Crippen LogP contribution in [0.1, 0.15) is 60.6 Å². The Morgan fingerprint density at radius 1 is 0.814 bits per heavy atom. The van der Waals surface area contributed by atoms with Gasteiger partial charge in [0, 0.05) is 29.7 Å². The molecule has 0 fully saturated rings. The molecule has 11 nitrogen and oxygen atoms in total. The molecule has 0 spiro atoms. The minimum Gasteiger partial charge on any atom is -0.425 e. The van der Waals surface area contributed by atoms with E-state index in [9.17, 15) is 28.8 Å². The monoisotopic (exact) mass is 574 g/mol. The van der Waals surface area contributed by atoms with Crippen LogP contribution in [0.25, 0.3) is 5.70 Å². The van der Waals surface area contributed by atoms with Gasteiger partial charge in [-0.2, -0.15) is 0 Å². The van der Waals surface area contributed by atoms with Gasteiger partial charge >= 0.3 is 11.7 Å². The Kier molecular flexibility index (Phi) is 5.67. The molecule has 1 aromatic heterocycles. The number of nitrogens with one attached hydrogen (secondary N) is 2. The highest BCUT2D eigenvalue weighted by Crippen LogP contribution is 2.47. The van der Waals surface area contributed by atoms with E-state index < -0.39 is 41.0 Å². The third kappa shape index (κ3) is 3.74. The van der Waals surface area contributed by atoms with Gasteiger partial charge in [-0.25, -0.2) is 9.59 Å². The number of carbonyl (C=O) groups excluding carboxylic acids is 4.